The fourth-order valence-corrected chi connectivity index (χ4v) is 0.516. The highest BCUT2D eigenvalue weighted by molar-refractivity contribution is 7.59. The SMILES string of the molecule is C1COCCN1.S.S. The van der Waals surface area contributed by atoms with Crippen molar-refractivity contribution in [3.8, 4) is 0 Å². The topological polar surface area (TPSA) is 21.3 Å². The predicted octanol–water partition coefficient (Wildman–Crippen LogP) is -0.168. The third-order valence-electron chi connectivity index (χ3n) is 0.846. The lowest BCUT2D eigenvalue weighted by atomic mass is 10.5. The molecule has 1 fully saturated rings. The van der Waals surface area contributed by atoms with Gasteiger partial charge >= 0.3 is 0 Å². The molecule has 8 heavy (non-hydrogen) atoms. The van der Waals surface area contributed by atoms with Crippen LogP contribution in [0.2, 0.25) is 0 Å². The standard InChI is InChI=1S/C4H9NO.2H2S/c1-3-6-4-2-5-1;;/h5H,1-4H2;2*1H2. The van der Waals surface area contributed by atoms with Gasteiger partial charge in [0.25, 0.3) is 0 Å². The maximum atomic E-state index is 5.01. The Balaban J connectivity index is 0. The van der Waals surface area contributed by atoms with Crippen molar-refractivity contribution in [3.63, 3.8) is 0 Å². The van der Waals surface area contributed by atoms with Crippen LogP contribution in [-0.4, -0.2) is 26.3 Å². The molecular weight excluding hydrogens is 142 g/mol. The summed E-state index contributed by atoms with van der Waals surface area (Å²) < 4.78 is 5.01. The average Bonchev–Trinajstić information content (AvgIpc) is 1.72. The summed E-state index contributed by atoms with van der Waals surface area (Å²) in [4.78, 5) is 0. The van der Waals surface area contributed by atoms with Crippen LogP contribution in [0.25, 0.3) is 0 Å². The maximum Gasteiger partial charge on any atom is 0.0591 e. The summed E-state index contributed by atoms with van der Waals surface area (Å²) in [6.45, 7) is 3.83. The minimum absolute atomic E-state index is 0. The van der Waals surface area contributed by atoms with Crippen molar-refractivity contribution in [2.45, 2.75) is 0 Å². The van der Waals surface area contributed by atoms with Gasteiger partial charge in [0.1, 0.15) is 0 Å². The Morgan fingerprint density at radius 1 is 1.00 bits per heavy atom. The van der Waals surface area contributed by atoms with E-state index in [1.165, 1.54) is 0 Å². The molecule has 52 valence electrons. The summed E-state index contributed by atoms with van der Waals surface area (Å²) >= 11 is 0. The van der Waals surface area contributed by atoms with Gasteiger partial charge in [-0.25, -0.2) is 0 Å². The van der Waals surface area contributed by atoms with E-state index in [1.807, 2.05) is 0 Å². The summed E-state index contributed by atoms with van der Waals surface area (Å²) in [5.74, 6) is 0. The molecule has 1 aliphatic heterocycles. The van der Waals surface area contributed by atoms with Gasteiger partial charge in [0.2, 0.25) is 0 Å². The minimum atomic E-state index is 0. The van der Waals surface area contributed by atoms with Crippen LogP contribution in [0, 0.1) is 0 Å². The van der Waals surface area contributed by atoms with E-state index in [4.69, 9.17) is 4.74 Å². The van der Waals surface area contributed by atoms with Crippen molar-refractivity contribution in [1.29, 1.82) is 0 Å². The molecule has 1 aliphatic rings. The molecule has 4 heteroatoms. The highest BCUT2D eigenvalue weighted by Crippen LogP contribution is 1.76. The fraction of sp³-hybridized carbons (Fsp3) is 1.00. The van der Waals surface area contributed by atoms with Crippen molar-refractivity contribution >= 4 is 27.0 Å². The molecule has 1 rings (SSSR count). The summed E-state index contributed by atoms with van der Waals surface area (Å²) in [7, 11) is 0. The Morgan fingerprint density at radius 2 is 1.50 bits per heavy atom. The summed E-state index contributed by atoms with van der Waals surface area (Å²) in [6, 6.07) is 0. The monoisotopic (exact) mass is 155 g/mol. The molecule has 0 atom stereocenters. The second-order valence-corrected chi connectivity index (χ2v) is 1.36. The lowest BCUT2D eigenvalue weighted by molar-refractivity contribution is 0.109. The van der Waals surface area contributed by atoms with Crippen LogP contribution in [0.15, 0.2) is 0 Å². The zero-order valence-corrected chi connectivity index (χ0v) is 6.74. The number of hydrogen-bond donors (Lipinski definition) is 1. The number of morpholine rings is 1. The zero-order valence-electron chi connectivity index (χ0n) is 4.74. The molecule has 0 saturated carbocycles. The minimum Gasteiger partial charge on any atom is -0.379 e. The van der Waals surface area contributed by atoms with Gasteiger partial charge in [-0.3, -0.25) is 0 Å². The van der Waals surface area contributed by atoms with Gasteiger partial charge in [-0.2, -0.15) is 27.0 Å². The first-order valence-corrected chi connectivity index (χ1v) is 2.28. The van der Waals surface area contributed by atoms with E-state index in [2.05, 4.69) is 5.32 Å². The van der Waals surface area contributed by atoms with Crippen LogP contribution in [0.3, 0.4) is 0 Å². The average molecular weight is 155 g/mol. The normalized spacial score (nSPS) is 18.0. The molecule has 1 heterocycles. The largest absolute Gasteiger partial charge is 0.379 e. The molecule has 0 aromatic heterocycles. The van der Waals surface area contributed by atoms with Crippen LogP contribution < -0.4 is 5.32 Å². The molecule has 0 spiro atoms. The van der Waals surface area contributed by atoms with Gasteiger partial charge in [0.15, 0.2) is 0 Å². The smallest absolute Gasteiger partial charge is 0.0591 e. The molecule has 2 nitrogen and oxygen atoms in total. The maximum absolute atomic E-state index is 5.01. The molecule has 0 amide bonds. The zero-order chi connectivity index (χ0) is 4.24. The van der Waals surface area contributed by atoms with Gasteiger partial charge in [-0.15, -0.1) is 0 Å². The highest BCUT2D eigenvalue weighted by Gasteiger charge is 1.92. The Kier molecular flexibility index (Phi) is 10.9. The molecule has 0 unspecified atom stereocenters. The molecule has 0 aliphatic carbocycles. The highest BCUT2D eigenvalue weighted by atomic mass is 32.1. The van der Waals surface area contributed by atoms with Gasteiger partial charge < -0.3 is 10.1 Å². The molecule has 0 aromatic rings. The molecular formula is C4H13NOS2. The Bertz CT molecular complexity index is 29.5. The molecule has 1 N–H and O–H groups in total. The lowest BCUT2D eigenvalue weighted by Crippen LogP contribution is -2.30. The second kappa shape index (κ2) is 7.62. The number of nitrogens with one attached hydrogen (secondary N) is 1. The lowest BCUT2D eigenvalue weighted by Gasteiger charge is -2.10. The van der Waals surface area contributed by atoms with Crippen molar-refractivity contribution in [2.75, 3.05) is 26.3 Å². The van der Waals surface area contributed by atoms with Crippen LogP contribution in [-0.2, 0) is 4.74 Å². The number of rotatable bonds is 0. The van der Waals surface area contributed by atoms with E-state index in [0.29, 0.717) is 0 Å². The van der Waals surface area contributed by atoms with Crippen LogP contribution >= 0.6 is 27.0 Å². The van der Waals surface area contributed by atoms with E-state index in [-0.39, 0.29) is 27.0 Å². The number of ether oxygens (including phenoxy) is 1. The van der Waals surface area contributed by atoms with Crippen molar-refractivity contribution < 1.29 is 4.74 Å². The van der Waals surface area contributed by atoms with E-state index in [1.54, 1.807) is 0 Å². The summed E-state index contributed by atoms with van der Waals surface area (Å²) in [5, 5.41) is 3.16. The van der Waals surface area contributed by atoms with Gasteiger partial charge in [0, 0.05) is 13.1 Å². The number of hydrogen-bond acceptors (Lipinski definition) is 2. The molecule has 0 radical (unpaired) electrons. The first-order valence-electron chi connectivity index (χ1n) is 2.28. The fourth-order valence-electron chi connectivity index (χ4n) is 0.516. The Labute approximate surface area is 63.9 Å². The van der Waals surface area contributed by atoms with Crippen molar-refractivity contribution in [1.82, 2.24) is 5.32 Å². The van der Waals surface area contributed by atoms with Gasteiger partial charge in [0.05, 0.1) is 13.2 Å². The van der Waals surface area contributed by atoms with Gasteiger partial charge in [-0.1, -0.05) is 0 Å². The van der Waals surface area contributed by atoms with Gasteiger partial charge in [-0.05, 0) is 0 Å². The third-order valence-corrected chi connectivity index (χ3v) is 0.846. The van der Waals surface area contributed by atoms with Crippen molar-refractivity contribution in [2.24, 2.45) is 0 Å². The quantitative estimate of drug-likeness (QED) is 0.524. The second-order valence-electron chi connectivity index (χ2n) is 1.36. The Morgan fingerprint density at radius 3 is 1.62 bits per heavy atom. The van der Waals surface area contributed by atoms with E-state index in [0.717, 1.165) is 26.3 Å². The van der Waals surface area contributed by atoms with E-state index < -0.39 is 0 Å². The first-order chi connectivity index (χ1) is 3.00. The summed E-state index contributed by atoms with van der Waals surface area (Å²) in [6.07, 6.45) is 0. The summed E-state index contributed by atoms with van der Waals surface area (Å²) in [5.41, 5.74) is 0. The molecule has 0 bridgehead atoms. The predicted molar refractivity (Wildman–Crippen MR) is 44.5 cm³/mol. The van der Waals surface area contributed by atoms with Crippen LogP contribution in [0.1, 0.15) is 0 Å². The van der Waals surface area contributed by atoms with E-state index >= 15 is 0 Å². The van der Waals surface area contributed by atoms with Crippen LogP contribution in [0.5, 0.6) is 0 Å². The molecule has 1 saturated heterocycles. The molecule has 0 aromatic carbocycles. The first kappa shape index (κ1) is 11.4. The van der Waals surface area contributed by atoms with Crippen LogP contribution in [0.4, 0.5) is 0 Å². The van der Waals surface area contributed by atoms with E-state index in [9.17, 15) is 0 Å². The third kappa shape index (κ3) is 4.77. The Hall–Kier alpha value is 0.620. The van der Waals surface area contributed by atoms with Crippen molar-refractivity contribution in [3.05, 3.63) is 0 Å².